The molecule has 1 aromatic carbocycles. The number of hydrogen-bond acceptors (Lipinski definition) is 6. The van der Waals surface area contributed by atoms with E-state index in [0.29, 0.717) is 62.1 Å². The molecule has 0 aliphatic heterocycles. The average Bonchev–Trinajstić information content (AvgIpc) is 3.51. The summed E-state index contributed by atoms with van der Waals surface area (Å²) in [7, 11) is 3.03. The first-order chi connectivity index (χ1) is 13.5. The maximum atomic E-state index is 7.71. The minimum atomic E-state index is -0.0996. The van der Waals surface area contributed by atoms with Gasteiger partial charge in [0.25, 0.3) is 0 Å². The zero-order valence-electron chi connectivity index (χ0n) is 15.3. The molecule has 0 amide bonds. The summed E-state index contributed by atoms with van der Waals surface area (Å²) in [6.45, 7) is 0.547. The Labute approximate surface area is 171 Å². The number of aromatic nitrogens is 3. The highest BCUT2D eigenvalue weighted by molar-refractivity contribution is 6.41. The predicted octanol–water partition coefficient (Wildman–Crippen LogP) is 5.49. The van der Waals surface area contributed by atoms with Crippen LogP contribution in [0.1, 0.15) is 12.8 Å². The number of benzene rings is 1. The Morgan fingerprint density at radius 3 is 2.36 bits per heavy atom. The minimum Gasteiger partial charge on any atom is -0.495 e. The van der Waals surface area contributed by atoms with Gasteiger partial charge >= 0.3 is 0 Å². The van der Waals surface area contributed by atoms with Crippen LogP contribution >= 0.6 is 23.2 Å². The average molecular weight is 420 g/mol. The molecule has 0 saturated heterocycles. The Bertz CT molecular complexity index is 1030. The Morgan fingerprint density at radius 2 is 1.75 bits per heavy atom. The van der Waals surface area contributed by atoms with Crippen molar-refractivity contribution in [2.24, 2.45) is 5.92 Å². The van der Waals surface area contributed by atoms with Gasteiger partial charge in [0.05, 0.1) is 42.1 Å². The first-order valence-corrected chi connectivity index (χ1v) is 9.40. The third kappa shape index (κ3) is 3.47. The molecule has 28 heavy (non-hydrogen) atoms. The van der Waals surface area contributed by atoms with Crippen LogP contribution in [0.15, 0.2) is 18.3 Å². The number of ether oxygens (including phenoxy) is 3. The largest absolute Gasteiger partial charge is 0.495 e. The molecule has 3 aromatic rings. The lowest BCUT2D eigenvalue weighted by atomic mass is 10.1. The smallest absolute Gasteiger partial charge is 0.224 e. The summed E-state index contributed by atoms with van der Waals surface area (Å²) in [6.07, 6.45) is 3.83. The SMILES string of the molecule is COc1cc(OC)c(Cl)c(-c2cc3cnc([NH-])nc3c(OCC3CC3)n2)c1Cl. The van der Waals surface area contributed by atoms with Crippen LogP contribution < -0.4 is 14.2 Å². The third-order valence-electron chi connectivity index (χ3n) is 4.52. The van der Waals surface area contributed by atoms with E-state index < -0.39 is 0 Å². The first-order valence-electron chi connectivity index (χ1n) is 8.64. The highest BCUT2D eigenvalue weighted by Crippen LogP contribution is 2.46. The Balaban J connectivity index is 1.92. The van der Waals surface area contributed by atoms with Crippen molar-refractivity contribution in [3.63, 3.8) is 0 Å². The van der Waals surface area contributed by atoms with Crippen LogP contribution in [0.5, 0.6) is 17.4 Å². The molecule has 0 unspecified atom stereocenters. The molecule has 0 spiro atoms. The minimum absolute atomic E-state index is 0.0996. The number of fused-ring (bicyclic) bond motifs is 1. The van der Waals surface area contributed by atoms with Crippen molar-refractivity contribution in [2.45, 2.75) is 12.8 Å². The van der Waals surface area contributed by atoms with Gasteiger partial charge in [0.15, 0.2) is 0 Å². The number of nitrogens with one attached hydrogen (secondary N) is 1. The molecule has 7 nitrogen and oxygen atoms in total. The van der Waals surface area contributed by atoms with E-state index in [-0.39, 0.29) is 5.95 Å². The highest BCUT2D eigenvalue weighted by Gasteiger charge is 2.24. The normalized spacial score (nSPS) is 13.6. The first kappa shape index (κ1) is 18.8. The van der Waals surface area contributed by atoms with Crippen molar-refractivity contribution in [3.05, 3.63) is 34.1 Å². The third-order valence-corrected chi connectivity index (χ3v) is 5.27. The van der Waals surface area contributed by atoms with Gasteiger partial charge in [-0.05, 0) is 36.4 Å². The lowest BCUT2D eigenvalue weighted by Gasteiger charge is -2.17. The lowest BCUT2D eigenvalue weighted by molar-refractivity contribution is 0.292. The van der Waals surface area contributed by atoms with E-state index in [2.05, 4.69) is 15.0 Å². The molecule has 0 radical (unpaired) electrons. The summed E-state index contributed by atoms with van der Waals surface area (Å²) in [6, 6.07) is 3.37. The molecule has 2 heterocycles. The summed E-state index contributed by atoms with van der Waals surface area (Å²) < 4.78 is 16.6. The fourth-order valence-electron chi connectivity index (χ4n) is 2.83. The van der Waals surface area contributed by atoms with Crippen LogP contribution in [-0.4, -0.2) is 35.8 Å². The Hall–Kier alpha value is -2.51. The molecule has 1 saturated carbocycles. The van der Waals surface area contributed by atoms with Gasteiger partial charge in [0.2, 0.25) is 5.88 Å². The van der Waals surface area contributed by atoms with Crippen molar-refractivity contribution in [2.75, 3.05) is 20.8 Å². The monoisotopic (exact) mass is 419 g/mol. The number of methoxy groups -OCH3 is 2. The standard InChI is InChI=1S/C19H17Cl2N4O3/c1-26-12-6-13(27-2)16(21)14(15(12)20)11-5-10-7-23-19(22)25-17(10)18(24-11)28-8-9-3-4-9/h5-7,9H,3-4,8H2,1-2H3,(H-,22,23,25)/q-1. The van der Waals surface area contributed by atoms with E-state index >= 15 is 0 Å². The van der Waals surface area contributed by atoms with Crippen molar-refractivity contribution in [3.8, 4) is 28.6 Å². The van der Waals surface area contributed by atoms with Crippen LogP contribution in [0, 0.1) is 5.92 Å². The molecule has 1 aliphatic carbocycles. The van der Waals surface area contributed by atoms with Gasteiger partial charge in [-0.3, -0.25) is 0 Å². The van der Waals surface area contributed by atoms with Crippen molar-refractivity contribution in [1.82, 2.24) is 15.0 Å². The Kier molecular flexibility index (Phi) is 5.03. The molecule has 4 rings (SSSR count). The number of hydrogen-bond donors (Lipinski definition) is 0. The molecule has 0 atom stereocenters. The van der Waals surface area contributed by atoms with Crippen LogP contribution in [0.2, 0.25) is 10.0 Å². The Morgan fingerprint density at radius 1 is 1.07 bits per heavy atom. The van der Waals surface area contributed by atoms with Gasteiger partial charge < -0.3 is 29.9 Å². The zero-order chi connectivity index (χ0) is 19.8. The molecule has 1 fully saturated rings. The number of rotatable bonds is 6. The van der Waals surface area contributed by atoms with Gasteiger partial charge in [-0.1, -0.05) is 23.2 Å². The van der Waals surface area contributed by atoms with Crippen LogP contribution in [0.3, 0.4) is 0 Å². The summed E-state index contributed by atoms with van der Waals surface area (Å²) in [4.78, 5) is 12.7. The molecule has 146 valence electrons. The molecule has 1 aliphatic rings. The van der Waals surface area contributed by atoms with Crippen LogP contribution in [0.25, 0.3) is 27.9 Å². The predicted molar refractivity (Wildman–Crippen MR) is 108 cm³/mol. The summed E-state index contributed by atoms with van der Waals surface area (Å²) >= 11 is 13.1. The fraction of sp³-hybridized carbons (Fsp3) is 0.316. The zero-order valence-corrected chi connectivity index (χ0v) is 16.8. The number of halogens is 2. The fourth-order valence-corrected chi connectivity index (χ4v) is 3.52. The second-order valence-corrected chi connectivity index (χ2v) is 7.24. The van der Waals surface area contributed by atoms with Crippen LogP contribution in [0.4, 0.5) is 5.95 Å². The number of pyridine rings is 1. The van der Waals surface area contributed by atoms with Gasteiger partial charge in [0, 0.05) is 17.6 Å². The van der Waals surface area contributed by atoms with Gasteiger partial charge in [-0.25, -0.2) is 4.98 Å². The number of nitrogens with zero attached hydrogens (tertiary/aromatic N) is 3. The van der Waals surface area contributed by atoms with Crippen molar-refractivity contribution < 1.29 is 14.2 Å². The van der Waals surface area contributed by atoms with E-state index in [1.165, 1.54) is 14.2 Å². The molecule has 9 heteroatoms. The van der Waals surface area contributed by atoms with Gasteiger partial charge in [-0.2, -0.15) is 0 Å². The van der Waals surface area contributed by atoms with E-state index in [1.807, 2.05) is 0 Å². The molecule has 2 aromatic heterocycles. The molecular weight excluding hydrogens is 403 g/mol. The quantitative estimate of drug-likeness (QED) is 0.524. The van der Waals surface area contributed by atoms with Crippen molar-refractivity contribution >= 4 is 40.1 Å². The van der Waals surface area contributed by atoms with Gasteiger partial charge in [-0.15, -0.1) is 0 Å². The van der Waals surface area contributed by atoms with Crippen molar-refractivity contribution in [1.29, 1.82) is 0 Å². The van der Waals surface area contributed by atoms with Crippen LogP contribution in [-0.2, 0) is 0 Å². The second-order valence-electron chi connectivity index (χ2n) is 6.48. The lowest BCUT2D eigenvalue weighted by Crippen LogP contribution is -2.04. The van der Waals surface area contributed by atoms with E-state index in [4.69, 9.17) is 43.1 Å². The summed E-state index contributed by atoms with van der Waals surface area (Å²) in [5.74, 6) is 1.58. The maximum Gasteiger partial charge on any atom is 0.224 e. The highest BCUT2D eigenvalue weighted by atomic mass is 35.5. The van der Waals surface area contributed by atoms with E-state index in [1.54, 1.807) is 18.3 Å². The topological polar surface area (TPSA) is 90.2 Å². The molecule has 0 bridgehead atoms. The summed E-state index contributed by atoms with van der Waals surface area (Å²) in [5, 5.41) is 1.29. The molecule has 1 N–H and O–H groups in total. The van der Waals surface area contributed by atoms with E-state index in [0.717, 1.165) is 12.8 Å². The maximum absolute atomic E-state index is 7.71. The molecular formula is C19H17Cl2N4O3-. The van der Waals surface area contributed by atoms with E-state index in [9.17, 15) is 0 Å². The second kappa shape index (κ2) is 7.48. The van der Waals surface area contributed by atoms with Gasteiger partial charge in [0.1, 0.15) is 11.5 Å². The summed E-state index contributed by atoms with van der Waals surface area (Å²) in [5.41, 5.74) is 9.14.